The maximum Gasteiger partial charge on any atom is 0.303 e. The van der Waals surface area contributed by atoms with Gasteiger partial charge in [-0.15, -0.1) is 0 Å². The lowest BCUT2D eigenvalue weighted by atomic mass is 9.97. The van der Waals surface area contributed by atoms with Gasteiger partial charge in [-0.05, 0) is 29.8 Å². The molecule has 2 heterocycles. The highest BCUT2D eigenvalue weighted by atomic mass is 16.8. The summed E-state index contributed by atoms with van der Waals surface area (Å²) in [7, 11) is 0. The Labute approximate surface area is 226 Å². The Bertz CT molecular complexity index is 1230. The minimum atomic E-state index is -1.09. The summed E-state index contributed by atoms with van der Waals surface area (Å²) in [6.45, 7) is 3.14. The van der Waals surface area contributed by atoms with E-state index in [9.17, 15) is 9.59 Å². The molecule has 39 heavy (non-hydrogen) atoms. The summed E-state index contributed by atoms with van der Waals surface area (Å²) in [6.07, 6.45) is -5.26. The number of carbonyl (C=O) groups excluding carboxylic acids is 2. The molecule has 0 radical (unpaired) electrons. The van der Waals surface area contributed by atoms with Crippen LogP contribution in [0.25, 0.3) is 0 Å². The predicted molar refractivity (Wildman–Crippen MR) is 138 cm³/mol. The number of fused-ring (bicyclic) bond motifs is 1. The third-order valence-corrected chi connectivity index (χ3v) is 6.28. The molecule has 5 rings (SSSR count). The highest BCUT2D eigenvalue weighted by Crippen LogP contribution is 2.37. The van der Waals surface area contributed by atoms with Crippen LogP contribution in [0.15, 0.2) is 84.9 Å². The summed E-state index contributed by atoms with van der Waals surface area (Å²) in [4.78, 5) is 24.2. The van der Waals surface area contributed by atoms with Gasteiger partial charge >= 0.3 is 11.9 Å². The quantitative estimate of drug-likeness (QED) is 0.391. The number of hydrogen-bond acceptors (Lipinski definition) is 9. The van der Waals surface area contributed by atoms with Crippen LogP contribution in [0.5, 0.6) is 11.5 Å². The summed E-state index contributed by atoms with van der Waals surface area (Å²) >= 11 is 0. The molecule has 0 aromatic heterocycles. The number of esters is 2. The highest BCUT2D eigenvalue weighted by Gasteiger charge is 2.54. The second-order valence-electron chi connectivity index (χ2n) is 9.23. The van der Waals surface area contributed by atoms with E-state index in [-0.39, 0.29) is 6.61 Å². The van der Waals surface area contributed by atoms with Gasteiger partial charge < -0.3 is 33.2 Å². The molecule has 0 saturated carbocycles. The van der Waals surface area contributed by atoms with Crippen molar-refractivity contribution in [3.8, 4) is 11.5 Å². The van der Waals surface area contributed by atoms with E-state index in [0.29, 0.717) is 18.1 Å². The van der Waals surface area contributed by atoms with Crippen LogP contribution in [-0.4, -0.2) is 49.3 Å². The lowest BCUT2D eigenvalue weighted by Gasteiger charge is -2.47. The molecule has 2 aliphatic rings. The average Bonchev–Trinajstić information content (AvgIpc) is 2.95. The molecule has 0 N–H and O–H groups in total. The van der Waals surface area contributed by atoms with E-state index in [0.717, 1.165) is 11.1 Å². The SMILES string of the molecule is CC(=O)O[C@@H]1[C@@H](OC(C)=O)[C@H](Oc2ccc(OCc3ccccc3)cc2)O[C@@H]2COC(c3ccccc3)O[C@@H]12. The number of hydrogen-bond donors (Lipinski definition) is 0. The van der Waals surface area contributed by atoms with Crippen molar-refractivity contribution in [3.63, 3.8) is 0 Å². The van der Waals surface area contributed by atoms with Crippen LogP contribution in [0.1, 0.15) is 31.3 Å². The molecule has 2 aliphatic heterocycles. The first kappa shape index (κ1) is 26.7. The summed E-state index contributed by atoms with van der Waals surface area (Å²) in [5.74, 6) is -0.0258. The van der Waals surface area contributed by atoms with E-state index in [1.807, 2.05) is 60.7 Å². The van der Waals surface area contributed by atoms with Crippen molar-refractivity contribution in [2.24, 2.45) is 0 Å². The van der Waals surface area contributed by atoms with Gasteiger partial charge in [-0.25, -0.2) is 0 Å². The fraction of sp³-hybridized carbons (Fsp3) is 0.333. The lowest BCUT2D eigenvalue weighted by Crippen LogP contribution is -2.64. The molecule has 204 valence electrons. The molecule has 0 amide bonds. The smallest absolute Gasteiger partial charge is 0.303 e. The van der Waals surface area contributed by atoms with Gasteiger partial charge in [0.05, 0.1) is 6.61 Å². The fourth-order valence-corrected chi connectivity index (χ4v) is 4.55. The Morgan fingerprint density at radius 3 is 2.05 bits per heavy atom. The topological polar surface area (TPSA) is 98.8 Å². The van der Waals surface area contributed by atoms with Crippen molar-refractivity contribution in [2.75, 3.05) is 6.61 Å². The lowest BCUT2D eigenvalue weighted by molar-refractivity contribution is -0.351. The average molecular weight is 535 g/mol. The van der Waals surface area contributed by atoms with Crippen LogP contribution in [0.2, 0.25) is 0 Å². The Hall–Kier alpha value is -3.92. The first-order valence-electron chi connectivity index (χ1n) is 12.7. The van der Waals surface area contributed by atoms with Crippen LogP contribution >= 0.6 is 0 Å². The number of benzene rings is 3. The summed E-state index contributed by atoms with van der Waals surface area (Å²) in [6, 6.07) is 26.2. The summed E-state index contributed by atoms with van der Waals surface area (Å²) in [5.41, 5.74) is 1.85. The Morgan fingerprint density at radius 2 is 1.38 bits per heavy atom. The summed E-state index contributed by atoms with van der Waals surface area (Å²) < 4.78 is 41.4. The minimum absolute atomic E-state index is 0.154. The first-order valence-corrected chi connectivity index (χ1v) is 12.7. The van der Waals surface area contributed by atoms with Crippen molar-refractivity contribution in [1.82, 2.24) is 0 Å². The van der Waals surface area contributed by atoms with Crippen molar-refractivity contribution in [2.45, 2.75) is 57.5 Å². The van der Waals surface area contributed by atoms with Crippen molar-refractivity contribution >= 4 is 11.9 Å². The maximum atomic E-state index is 12.1. The monoisotopic (exact) mass is 534 g/mol. The molecule has 6 atom stereocenters. The van der Waals surface area contributed by atoms with Gasteiger partial charge in [-0.3, -0.25) is 9.59 Å². The largest absolute Gasteiger partial charge is 0.489 e. The number of ether oxygens (including phenoxy) is 7. The van der Waals surface area contributed by atoms with Crippen molar-refractivity contribution in [3.05, 3.63) is 96.1 Å². The Balaban J connectivity index is 1.32. The molecule has 9 heteroatoms. The van der Waals surface area contributed by atoms with Gasteiger partial charge in [0.25, 0.3) is 0 Å². The van der Waals surface area contributed by atoms with E-state index in [4.69, 9.17) is 33.2 Å². The zero-order valence-electron chi connectivity index (χ0n) is 21.6. The first-order chi connectivity index (χ1) is 19.0. The van der Waals surface area contributed by atoms with Gasteiger partial charge in [0.15, 0.2) is 12.4 Å². The molecule has 1 unspecified atom stereocenters. The molecule has 0 spiro atoms. The van der Waals surface area contributed by atoms with Crippen LogP contribution in [-0.2, 0) is 39.9 Å². The van der Waals surface area contributed by atoms with E-state index < -0.39 is 48.9 Å². The number of rotatable bonds is 8. The molecular weight excluding hydrogens is 504 g/mol. The molecule has 0 bridgehead atoms. The Morgan fingerprint density at radius 1 is 0.769 bits per heavy atom. The third kappa shape index (κ3) is 6.75. The third-order valence-electron chi connectivity index (χ3n) is 6.28. The van der Waals surface area contributed by atoms with Crippen LogP contribution in [0, 0.1) is 0 Å². The highest BCUT2D eigenvalue weighted by molar-refractivity contribution is 5.67. The normalized spacial score (nSPS) is 26.1. The van der Waals surface area contributed by atoms with Gasteiger partial charge in [0.2, 0.25) is 12.4 Å². The second-order valence-corrected chi connectivity index (χ2v) is 9.23. The van der Waals surface area contributed by atoms with E-state index in [1.165, 1.54) is 13.8 Å². The molecule has 2 saturated heterocycles. The van der Waals surface area contributed by atoms with Crippen LogP contribution in [0.3, 0.4) is 0 Å². The van der Waals surface area contributed by atoms with E-state index in [2.05, 4.69) is 0 Å². The molecule has 3 aromatic rings. The van der Waals surface area contributed by atoms with E-state index >= 15 is 0 Å². The van der Waals surface area contributed by atoms with Gasteiger partial charge in [-0.2, -0.15) is 0 Å². The van der Waals surface area contributed by atoms with Gasteiger partial charge in [0.1, 0.15) is 30.3 Å². The van der Waals surface area contributed by atoms with Gasteiger partial charge in [-0.1, -0.05) is 60.7 Å². The molecule has 9 nitrogen and oxygen atoms in total. The van der Waals surface area contributed by atoms with Crippen molar-refractivity contribution < 1.29 is 42.7 Å². The van der Waals surface area contributed by atoms with Crippen LogP contribution in [0.4, 0.5) is 0 Å². The predicted octanol–water partition coefficient (Wildman–Crippen LogP) is 4.35. The second kappa shape index (κ2) is 12.3. The van der Waals surface area contributed by atoms with Crippen molar-refractivity contribution in [1.29, 1.82) is 0 Å². The molecular formula is C30H30O9. The molecule has 0 aliphatic carbocycles. The minimum Gasteiger partial charge on any atom is -0.489 e. The zero-order valence-corrected chi connectivity index (χ0v) is 21.6. The van der Waals surface area contributed by atoms with Crippen LogP contribution < -0.4 is 9.47 Å². The van der Waals surface area contributed by atoms with E-state index in [1.54, 1.807) is 24.3 Å². The summed E-state index contributed by atoms with van der Waals surface area (Å²) in [5, 5.41) is 0. The molecule has 2 fully saturated rings. The fourth-order valence-electron chi connectivity index (χ4n) is 4.55. The zero-order chi connectivity index (χ0) is 27.2. The Kier molecular flexibility index (Phi) is 8.41. The number of carbonyl (C=O) groups is 2. The molecule has 3 aromatic carbocycles. The van der Waals surface area contributed by atoms with Gasteiger partial charge in [0, 0.05) is 19.4 Å². The maximum absolute atomic E-state index is 12.1. The standard InChI is InChI=1S/C30H30O9/c1-19(31)35-27-26-25(18-34-29(39-26)22-11-7-4-8-12-22)38-30(28(27)36-20(2)32)37-24-15-13-23(14-16-24)33-17-21-9-5-3-6-10-21/h3-16,25-30H,17-18H2,1-2H3/t25-,26-,27+,28-,29?,30-/m1/s1.